The van der Waals surface area contributed by atoms with Crippen molar-refractivity contribution in [1.82, 2.24) is 0 Å². The van der Waals surface area contributed by atoms with Crippen molar-refractivity contribution in [3.63, 3.8) is 0 Å². The van der Waals surface area contributed by atoms with Gasteiger partial charge in [0.15, 0.2) is 0 Å². The standard InChI is InChI=1S/C5H14O3PS/c1-3-4-5-8-9(6,10)7-2/h6,10H,3-5H2,1-2H3/q+1. The van der Waals surface area contributed by atoms with Crippen LogP contribution in [0.25, 0.3) is 0 Å². The second-order valence-corrected chi connectivity index (χ2v) is 4.98. The molecule has 0 aromatic carbocycles. The van der Waals surface area contributed by atoms with E-state index >= 15 is 0 Å². The van der Waals surface area contributed by atoms with E-state index < -0.39 is 7.15 Å². The van der Waals surface area contributed by atoms with Crippen molar-refractivity contribution in [1.29, 1.82) is 0 Å². The quantitative estimate of drug-likeness (QED) is 0.391. The highest BCUT2D eigenvalue weighted by Crippen LogP contribution is 2.60. The van der Waals surface area contributed by atoms with Crippen molar-refractivity contribution in [2.24, 2.45) is 0 Å². The summed E-state index contributed by atoms with van der Waals surface area (Å²) in [5.41, 5.74) is 0. The number of hydrogen-bond acceptors (Lipinski definition) is 4. The zero-order valence-electron chi connectivity index (χ0n) is 6.28. The van der Waals surface area contributed by atoms with Crippen molar-refractivity contribution >= 4 is 19.4 Å². The van der Waals surface area contributed by atoms with Gasteiger partial charge < -0.3 is 0 Å². The van der Waals surface area contributed by atoms with Gasteiger partial charge in [0, 0.05) is 0 Å². The molecule has 0 heterocycles. The molecule has 1 N–H and O–H groups in total. The minimum Gasteiger partial charge on any atom is -0.183 e. The fraction of sp³-hybridized carbons (Fsp3) is 1.00. The van der Waals surface area contributed by atoms with E-state index in [1.165, 1.54) is 7.11 Å². The van der Waals surface area contributed by atoms with E-state index in [1.807, 2.05) is 6.92 Å². The molecule has 0 aliphatic rings. The fourth-order valence-electron chi connectivity index (χ4n) is 0.381. The Morgan fingerprint density at radius 2 is 2.20 bits per heavy atom. The van der Waals surface area contributed by atoms with E-state index in [2.05, 4.69) is 16.8 Å². The Morgan fingerprint density at radius 3 is 2.60 bits per heavy atom. The third-order valence-corrected chi connectivity index (χ3v) is 2.83. The lowest BCUT2D eigenvalue weighted by Gasteiger charge is -2.06. The first kappa shape index (κ1) is 10.7. The lowest BCUT2D eigenvalue weighted by atomic mass is 10.4. The van der Waals surface area contributed by atoms with Crippen molar-refractivity contribution in [3.8, 4) is 0 Å². The Kier molecular flexibility index (Phi) is 5.68. The highest BCUT2D eigenvalue weighted by molar-refractivity contribution is 8.47. The van der Waals surface area contributed by atoms with Gasteiger partial charge in [-0.2, -0.15) is 13.9 Å². The summed E-state index contributed by atoms with van der Waals surface area (Å²) in [6.07, 6.45) is 1.96. The summed E-state index contributed by atoms with van der Waals surface area (Å²) < 4.78 is 9.52. The molecule has 0 radical (unpaired) electrons. The van der Waals surface area contributed by atoms with E-state index in [9.17, 15) is 0 Å². The molecular weight excluding hydrogens is 171 g/mol. The van der Waals surface area contributed by atoms with Crippen LogP contribution in [0.3, 0.4) is 0 Å². The van der Waals surface area contributed by atoms with Crippen LogP contribution in [0, 0.1) is 0 Å². The highest BCUT2D eigenvalue weighted by Gasteiger charge is 2.33. The number of unbranched alkanes of at least 4 members (excludes halogenated alkanes) is 1. The van der Waals surface area contributed by atoms with Crippen LogP contribution in [0.15, 0.2) is 0 Å². The predicted octanol–water partition coefficient (Wildman–Crippen LogP) is 2.05. The maximum atomic E-state index is 9.08. The smallest absolute Gasteiger partial charge is 0.183 e. The van der Waals surface area contributed by atoms with E-state index in [4.69, 9.17) is 9.42 Å². The van der Waals surface area contributed by atoms with Crippen LogP contribution in [0.5, 0.6) is 0 Å². The fourth-order valence-corrected chi connectivity index (χ4v) is 1.10. The Bertz CT molecular complexity index is 89.0. The molecule has 5 heteroatoms. The minimum absolute atomic E-state index is 0.512. The summed E-state index contributed by atoms with van der Waals surface area (Å²) in [5, 5.41) is 0. The average Bonchev–Trinajstić information content (AvgIpc) is 1.89. The summed E-state index contributed by atoms with van der Waals surface area (Å²) in [7, 11) is -1.38. The first-order valence-corrected chi connectivity index (χ1v) is 5.90. The molecule has 0 spiro atoms. The molecule has 0 aromatic rings. The normalized spacial score (nSPS) is 16.8. The monoisotopic (exact) mass is 185 g/mol. The third-order valence-electron chi connectivity index (χ3n) is 0.995. The van der Waals surface area contributed by atoms with E-state index in [0.717, 1.165) is 12.8 Å². The van der Waals surface area contributed by atoms with E-state index in [0.29, 0.717) is 6.61 Å². The van der Waals surface area contributed by atoms with Crippen LogP contribution in [-0.2, 0) is 9.05 Å². The van der Waals surface area contributed by atoms with Gasteiger partial charge in [0.1, 0.15) is 0 Å². The Morgan fingerprint density at radius 1 is 1.60 bits per heavy atom. The van der Waals surface area contributed by atoms with Crippen molar-refractivity contribution < 1.29 is 13.9 Å². The maximum absolute atomic E-state index is 9.08. The van der Waals surface area contributed by atoms with Crippen molar-refractivity contribution in [2.45, 2.75) is 19.8 Å². The van der Waals surface area contributed by atoms with Gasteiger partial charge in [0.25, 0.3) is 0 Å². The second kappa shape index (κ2) is 5.33. The third kappa shape index (κ3) is 5.45. The van der Waals surface area contributed by atoms with Gasteiger partial charge in [-0.3, -0.25) is 0 Å². The molecule has 3 nitrogen and oxygen atoms in total. The molecule has 0 saturated heterocycles. The Hall–Kier alpha value is 0.660. The molecule has 0 aliphatic heterocycles. The topological polar surface area (TPSA) is 38.7 Å². The molecule has 62 valence electrons. The average molecular weight is 185 g/mol. The van der Waals surface area contributed by atoms with E-state index in [-0.39, 0.29) is 0 Å². The lowest BCUT2D eigenvalue weighted by molar-refractivity contribution is 0.219. The zero-order chi connectivity index (χ0) is 8.04. The van der Waals surface area contributed by atoms with Gasteiger partial charge in [0.05, 0.1) is 26.0 Å². The van der Waals surface area contributed by atoms with Gasteiger partial charge in [-0.25, -0.2) is 0 Å². The van der Waals surface area contributed by atoms with Crippen molar-refractivity contribution in [3.05, 3.63) is 0 Å². The van der Waals surface area contributed by atoms with Gasteiger partial charge in [0.2, 0.25) is 0 Å². The number of rotatable bonds is 5. The SMILES string of the molecule is CCCCO[P+](O)(S)OC. The van der Waals surface area contributed by atoms with Crippen LogP contribution in [0.4, 0.5) is 0 Å². The summed E-state index contributed by atoms with van der Waals surface area (Å²) in [6, 6.07) is 0. The van der Waals surface area contributed by atoms with Crippen LogP contribution in [0.1, 0.15) is 19.8 Å². The molecule has 10 heavy (non-hydrogen) atoms. The molecule has 0 saturated carbocycles. The molecule has 0 aliphatic carbocycles. The van der Waals surface area contributed by atoms with Gasteiger partial charge >= 0.3 is 7.15 Å². The summed E-state index contributed by atoms with van der Waals surface area (Å²) in [5.74, 6) is 0. The molecular formula is C5H14O3PS+. The first-order chi connectivity index (χ1) is 4.62. The lowest BCUT2D eigenvalue weighted by Crippen LogP contribution is -1.95. The van der Waals surface area contributed by atoms with Crippen LogP contribution in [0.2, 0.25) is 0 Å². The zero-order valence-corrected chi connectivity index (χ0v) is 8.07. The van der Waals surface area contributed by atoms with Gasteiger partial charge in [-0.15, -0.1) is 0 Å². The van der Waals surface area contributed by atoms with Crippen LogP contribution < -0.4 is 0 Å². The first-order valence-electron chi connectivity index (χ1n) is 3.17. The second-order valence-electron chi connectivity index (χ2n) is 1.86. The van der Waals surface area contributed by atoms with Crippen LogP contribution in [-0.4, -0.2) is 18.6 Å². The number of hydrogen-bond donors (Lipinski definition) is 2. The molecule has 0 bridgehead atoms. The van der Waals surface area contributed by atoms with E-state index in [1.54, 1.807) is 0 Å². The summed E-state index contributed by atoms with van der Waals surface area (Å²) >= 11 is 3.78. The molecule has 1 unspecified atom stereocenters. The molecule has 1 atom stereocenters. The van der Waals surface area contributed by atoms with Gasteiger partial charge in [-0.1, -0.05) is 13.3 Å². The largest absolute Gasteiger partial charge is 0.475 e. The van der Waals surface area contributed by atoms with Crippen LogP contribution >= 0.6 is 19.4 Å². The van der Waals surface area contributed by atoms with Gasteiger partial charge in [-0.05, 0) is 6.42 Å². The van der Waals surface area contributed by atoms with Crippen molar-refractivity contribution in [2.75, 3.05) is 13.7 Å². The maximum Gasteiger partial charge on any atom is 0.475 e. The minimum atomic E-state index is -2.76. The summed E-state index contributed by atoms with van der Waals surface area (Å²) in [4.78, 5) is 9.08. The Labute approximate surface area is 67.5 Å². The highest BCUT2D eigenvalue weighted by atomic mass is 32.7. The summed E-state index contributed by atoms with van der Waals surface area (Å²) in [6.45, 7) is 2.56. The molecule has 0 aromatic heterocycles. The number of thiol groups is 1. The molecule has 0 amide bonds. The Balaban J connectivity index is 3.28. The predicted molar refractivity (Wildman–Crippen MR) is 46.0 cm³/mol. The molecule has 0 fully saturated rings. The molecule has 0 rings (SSSR count).